The van der Waals surface area contributed by atoms with Crippen LogP contribution in [-0.4, -0.2) is 51.4 Å². The van der Waals surface area contributed by atoms with E-state index >= 15 is 0 Å². The van der Waals surface area contributed by atoms with Crippen molar-refractivity contribution in [3.8, 4) is 5.75 Å². The van der Waals surface area contributed by atoms with Crippen molar-refractivity contribution < 1.29 is 22.7 Å². The number of rotatable bonds is 14. The molecule has 3 aromatic rings. The molecule has 0 radical (unpaired) electrons. The fourth-order valence-corrected chi connectivity index (χ4v) is 6.25. The third-order valence-corrected chi connectivity index (χ3v) is 9.28. The molecular weight excluding hydrogens is 597 g/mol. The number of methoxy groups -OCH3 is 1. The van der Waals surface area contributed by atoms with E-state index in [4.69, 9.17) is 27.9 Å². The Kier molecular flexibility index (Phi) is 12.1. The van der Waals surface area contributed by atoms with E-state index in [1.54, 1.807) is 61.5 Å². The maximum absolute atomic E-state index is 14.2. The fourth-order valence-electron chi connectivity index (χ4n) is 4.49. The van der Waals surface area contributed by atoms with Gasteiger partial charge in [-0.05, 0) is 67.3 Å². The molecule has 3 aromatic carbocycles. The molecule has 1 N–H and O–H groups in total. The number of sulfonamides is 1. The Morgan fingerprint density at radius 1 is 0.976 bits per heavy atom. The number of ether oxygens (including phenoxy) is 1. The normalized spacial score (nSPS) is 12.0. The van der Waals surface area contributed by atoms with Gasteiger partial charge in [-0.25, -0.2) is 8.42 Å². The number of unbranched alkanes of at least 4 members (excludes halogenated alkanes) is 1. The van der Waals surface area contributed by atoms with Crippen LogP contribution in [0.25, 0.3) is 0 Å². The third kappa shape index (κ3) is 8.18. The average Bonchev–Trinajstić information content (AvgIpc) is 2.98. The Morgan fingerprint density at radius 2 is 1.69 bits per heavy atom. The van der Waals surface area contributed by atoms with Crippen LogP contribution in [0.2, 0.25) is 10.0 Å². The molecule has 0 aliphatic rings. The highest BCUT2D eigenvalue weighted by molar-refractivity contribution is 7.92. The third-order valence-electron chi connectivity index (χ3n) is 6.77. The van der Waals surface area contributed by atoms with Crippen molar-refractivity contribution in [2.45, 2.75) is 57.5 Å². The van der Waals surface area contributed by atoms with Crippen molar-refractivity contribution in [3.63, 3.8) is 0 Å². The van der Waals surface area contributed by atoms with Crippen LogP contribution in [0.3, 0.4) is 0 Å². The highest BCUT2D eigenvalue weighted by Crippen LogP contribution is 2.34. The van der Waals surface area contributed by atoms with Crippen LogP contribution in [-0.2, 0) is 26.2 Å². The van der Waals surface area contributed by atoms with Crippen LogP contribution in [0.15, 0.2) is 71.6 Å². The lowest BCUT2D eigenvalue weighted by Gasteiger charge is -2.33. The lowest BCUT2D eigenvalue weighted by Crippen LogP contribution is -2.52. The Labute approximate surface area is 258 Å². The lowest BCUT2D eigenvalue weighted by molar-refractivity contribution is -0.140. The van der Waals surface area contributed by atoms with Crippen molar-refractivity contribution >= 4 is 50.7 Å². The number of amides is 2. The number of carbonyl (C=O) groups excluding carboxylic acids is 2. The lowest BCUT2D eigenvalue weighted by atomic mass is 10.1. The number of anilines is 1. The zero-order valence-corrected chi connectivity index (χ0v) is 26.6. The number of aryl methyl sites for hydroxylation is 1. The number of halogens is 2. The van der Waals surface area contributed by atoms with Crippen LogP contribution in [0.4, 0.5) is 5.69 Å². The number of carbonyl (C=O) groups is 2. The van der Waals surface area contributed by atoms with E-state index in [9.17, 15) is 18.0 Å². The summed E-state index contributed by atoms with van der Waals surface area (Å²) in [6, 6.07) is 17.1. The molecule has 0 saturated carbocycles. The molecule has 0 aliphatic carbocycles. The molecule has 0 saturated heterocycles. The number of nitrogens with one attached hydrogen (secondary N) is 1. The number of benzene rings is 3. The number of hydrogen-bond acceptors (Lipinski definition) is 5. The summed E-state index contributed by atoms with van der Waals surface area (Å²) in [5.74, 6) is -0.597. The molecule has 3 rings (SSSR count). The summed E-state index contributed by atoms with van der Waals surface area (Å²) in [6.45, 7) is 5.56. The van der Waals surface area contributed by atoms with Gasteiger partial charge in [-0.15, -0.1) is 0 Å². The van der Waals surface area contributed by atoms with Crippen molar-refractivity contribution in [1.82, 2.24) is 10.2 Å². The molecule has 1 unspecified atom stereocenters. The molecule has 42 heavy (non-hydrogen) atoms. The fraction of sp³-hybridized carbons (Fsp3) is 0.355. The molecule has 11 heteroatoms. The summed E-state index contributed by atoms with van der Waals surface area (Å²) in [5.41, 5.74) is 1.63. The zero-order valence-electron chi connectivity index (χ0n) is 24.3. The minimum atomic E-state index is -4.22. The first kappa shape index (κ1) is 33.2. The van der Waals surface area contributed by atoms with E-state index in [0.29, 0.717) is 28.6 Å². The summed E-state index contributed by atoms with van der Waals surface area (Å²) in [6.07, 6.45) is 2.00. The summed E-state index contributed by atoms with van der Waals surface area (Å²) < 4.78 is 34.6. The van der Waals surface area contributed by atoms with E-state index in [2.05, 4.69) is 5.32 Å². The average molecular weight is 635 g/mol. The van der Waals surface area contributed by atoms with Crippen LogP contribution in [0.5, 0.6) is 5.75 Å². The van der Waals surface area contributed by atoms with Gasteiger partial charge in [-0.3, -0.25) is 13.9 Å². The van der Waals surface area contributed by atoms with Gasteiger partial charge in [0, 0.05) is 13.1 Å². The molecule has 1 atom stereocenters. The first-order valence-electron chi connectivity index (χ1n) is 13.8. The molecule has 0 aromatic heterocycles. The first-order chi connectivity index (χ1) is 20.0. The van der Waals surface area contributed by atoms with Crippen molar-refractivity contribution in [2.24, 2.45) is 0 Å². The van der Waals surface area contributed by atoms with Gasteiger partial charge in [0.2, 0.25) is 11.8 Å². The molecule has 0 spiro atoms. The van der Waals surface area contributed by atoms with E-state index < -0.39 is 28.5 Å². The molecule has 226 valence electrons. The maximum Gasteiger partial charge on any atom is 0.264 e. The minimum Gasteiger partial charge on any atom is -0.495 e. The van der Waals surface area contributed by atoms with Gasteiger partial charge in [0.25, 0.3) is 10.0 Å². The molecule has 0 bridgehead atoms. The smallest absolute Gasteiger partial charge is 0.264 e. The largest absolute Gasteiger partial charge is 0.495 e. The molecular formula is C31H37Cl2N3O5S. The monoisotopic (exact) mass is 633 g/mol. The zero-order chi connectivity index (χ0) is 30.9. The molecule has 2 amide bonds. The van der Waals surface area contributed by atoms with Gasteiger partial charge in [-0.2, -0.15) is 0 Å². The standard InChI is InChI=1S/C31H37Cl2N3O5S/c1-5-7-17-34-31(38)27(6-2)35(20-23-14-15-25(32)26(33)19-23)30(37)21-36(28-18-22(3)13-16-29(28)41-4)42(39,40)24-11-9-8-10-12-24/h8-16,18-19,27H,5-7,17,20-21H2,1-4H3,(H,34,38). The maximum atomic E-state index is 14.2. The number of hydrogen-bond donors (Lipinski definition) is 1. The molecule has 0 aliphatic heterocycles. The van der Waals surface area contributed by atoms with E-state index in [-0.39, 0.29) is 28.8 Å². The quantitative estimate of drug-likeness (QED) is 0.212. The Bertz CT molecular complexity index is 1490. The number of nitrogens with zero attached hydrogens (tertiary/aromatic N) is 2. The minimum absolute atomic E-state index is 0.0135. The van der Waals surface area contributed by atoms with E-state index in [0.717, 1.165) is 22.7 Å². The van der Waals surface area contributed by atoms with Crippen LogP contribution in [0.1, 0.15) is 44.2 Å². The van der Waals surface area contributed by atoms with Gasteiger partial charge >= 0.3 is 0 Å². The Balaban J connectivity index is 2.10. The van der Waals surface area contributed by atoms with E-state index in [1.807, 2.05) is 13.8 Å². The van der Waals surface area contributed by atoms with Crippen molar-refractivity contribution in [1.29, 1.82) is 0 Å². The van der Waals surface area contributed by atoms with Gasteiger partial charge < -0.3 is 15.0 Å². The summed E-state index contributed by atoms with van der Waals surface area (Å²) in [7, 11) is -2.78. The van der Waals surface area contributed by atoms with Gasteiger partial charge in [0.05, 0.1) is 27.7 Å². The molecule has 0 heterocycles. The van der Waals surface area contributed by atoms with Gasteiger partial charge in [0.1, 0.15) is 18.3 Å². The van der Waals surface area contributed by atoms with E-state index in [1.165, 1.54) is 24.1 Å². The highest BCUT2D eigenvalue weighted by atomic mass is 35.5. The first-order valence-corrected chi connectivity index (χ1v) is 16.0. The van der Waals surface area contributed by atoms with Gasteiger partial charge in [0.15, 0.2) is 0 Å². The second-order valence-electron chi connectivity index (χ2n) is 9.84. The SMILES string of the molecule is CCCCNC(=O)C(CC)N(Cc1ccc(Cl)c(Cl)c1)C(=O)CN(c1cc(C)ccc1OC)S(=O)(=O)c1ccccc1. The van der Waals surface area contributed by atoms with Crippen molar-refractivity contribution in [2.75, 3.05) is 24.5 Å². The molecule has 8 nitrogen and oxygen atoms in total. The van der Waals surface area contributed by atoms with Crippen LogP contribution in [0, 0.1) is 6.92 Å². The Hall–Kier alpha value is -3.27. The van der Waals surface area contributed by atoms with Crippen LogP contribution >= 0.6 is 23.2 Å². The molecule has 0 fully saturated rings. The highest BCUT2D eigenvalue weighted by Gasteiger charge is 2.34. The Morgan fingerprint density at radius 3 is 2.31 bits per heavy atom. The topological polar surface area (TPSA) is 96.0 Å². The second kappa shape index (κ2) is 15.3. The second-order valence-corrected chi connectivity index (χ2v) is 12.5. The predicted molar refractivity (Wildman–Crippen MR) is 168 cm³/mol. The summed E-state index contributed by atoms with van der Waals surface area (Å²) in [4.78, 5) is 29.0. The van der Waals surface area contributed by atoms with Crippen LogP contribution < -0.4 is 14.4 Å². The summed E-state index contributed by atoms with van der Waals surface area (Å²) >= 11 is 12.4. The predicted octanol–water partition coefficient (Wildman–Crippen LogP) is 6.23. The van der Waals surface area contributed by atoms with Crippen molar-refractivity contribution in [3.05, 3.63) is 87.9 Å². The summed E-state index contributed by atoms with van der Waals surface area (Å²) in [5, 5.41) is 3.57. The van der Waals surface area contributed by atoms with Gasteiger partial charge in [-0.1, -0.05) is 73.8 Å².